The minimum absolute atomic E-state index is 0.241. The van der Waals surface area contributed by atoms with E-state index in [1.807, 2.05) is 88.4 Å². The lowest BCUT2D eigenvalue weighted by molar-refractivity contribution is -0.144. The van der Waals surface area contributed by atoms with Gasteiger partial charge in [0.1, 0.15) is 47.5 Å². The van der Waals surface area contributed by atoms with E-state index in [1.54, 1.807) is 88.7 Å². The number of hydrogen-bond acceptors (Lipinski definition) is 14. The lowest BCUT2D eigenvalue weighted by Crippen LogP contribution is -2.58. The third kappa shape index (κ3) is 19.0. The molecule has 0 unspecified atom stereocenters. The monoisotopic (exact) mass is 1230 g/mol. The van der Waals surface area contributed by atoms with Crippen LogP contribution in [-0.4, -0.2) is 177 Å². The van der Waals surface area contributed by atoms with Gasteiger partial charge < -0.3 is 50.0 Å². The second-order valence-electron chi connectivity index (χ2n) is 26.8. The Morgan fingerprint density at radius 1 is 0.570 bits per heavy atom. The van der Waals surface area contributed by atoms with Crippen LogP contribution >= 0.6 is 23.5 Å². The van der Waals surface area contributed by atoms with Gasteiger partial charge in [-0.25, -0.2) is 9.59 Å². The van der Waals surface area contributed by atoms with E-state index in [2.05, 4.69) is 21.3 Å². The molecule has 4 fully saturated rings. The second kappa shape index (κ2) is 30.6. The van der Waals surface area contributed by atoms with Crippen molar-refractivity contribution in [2.24, 2.45) is 10.8 Å². The zero-order valence-electron chi connectivity index (χ0n) is 53.4. The molecule has 0 aromatic heterocycles. The molecular weight excluding hydrogens is 1140 g/mol. The van der Waals surface area contributed by atoms with Crippen LogP contribution in [0.3, 0.4) is 0 Å². The predicted molar refractivity (Wildman–Crippen MR) is 335 cm³/mol. The Bertz CT molecular complexity index is 2460. The third-order valence-electron chi connectivity index (χ3n) is 16.4. The number of ether oxygens (including phenoxy) is 4. The molecule has 2 aromatic carbocycles. The van der Waals surface area contributed by atoms with E-state index < -0.39 is 94.4 Å². The first-order valence-electron chi connectivity index (χ1n) is 30.7. The maximum Gasteiger partial charge on any atom is 0.410 e. The Balaban J connectivity index is 0.950. The molecule has 4 N–H and O–H groups in total. The van der Waals surface area contributed by atoms with Crippen molar-refractivity contribution in [1.29, 1.82) is 0 Å². The molecule has 6 rings (SSSR count). The summed E-state index contributed by atoms with van der Waals surface area (Å²) >= 11 is 3.23. The van der Waals surface area contributed by atoms with Crippen LogP contribution in [0, 0.1) is 10.8 Å². The fourth-order valence-electron chi connectivity index (χ4n) is 11.5. The van der Waals surface area contributed by atoms with Crippen LogP contribution in [0.25, 0.3) is 0 Å². The Morgan fingerprint density at radius 2 is 0.907 bits per heavy atom. The van der Waals surface area contributed by atoms with Gasteiger partial charge in [-0.3, -0.25) is 38.6 Å². The zero-order valence-corrected chi connectivity index (χ0v) is 55.0. The molecule has 478 valence electrons. The number of nitrogens with one attached hydrogen (secondary N) is 4. The zero-order chi connectivity index (χ0) is 63.3. The summed E-state index contributed by atoms with van der Waals surface area (Å²) in [5, 5.41) is 11.8. The number of benzene rings is 2. The highest BCUT2D eigenvalue weighted by atomic mass is 32.2. The summed E-state index contributed by atoms with van der Waals surface area (Å²) in [4.78, 5) is 116. The van der Waals surface area contributed by atoms with Crippen molar-refractivity contribution >= 4 is 71.2 Å². The van der Waals surface area contributed by atoms with Gasteiger partial charge in [0.15, 0.2) is 0 Å². The van der Waals surface area contributed by atoms with Gasteiger partial charge in [-0.05, 0) is 127 Å². The van der Waals surface area contributed by atoms with Gasteiger partial charge in [0.05, 0.1) is 36.0 Å². The molecule has 0 saturated carbocycles. The Labute approximate surface area is 519 Å². The van der Waals surface area contributed by atoms with Crippen LogP contribution in [0.1, 0.15) is 171 Å². The van der Waals surface area contributed by atoms with E-state index in [1.165, 1.54) is 23.9 Å². The van der Waals surface area contributed by atoms with Crippen molar-refractivity contribution in [2.45, 2.75) is 218 Å². The van der Waals surface area contributed by atoms with Crippen molar-refractivity contribution < 1.29 is 57.3 Å². The van der Waals surface area contributed by atoms with Crippen LogP contribution in [0.2, 0.25) is 0 Å². The lowest BCUT2D eigenvalue weighted by Gasteiger charge is -2.35. The molecule has 20 nitrogen and oxygen atoms in total. The molecule has 4 aliphatic rings. The molecule has 8 amide bonds. The van der Waals surface area contributed by atoms with E-state index in [4.69, 9.17) is 18.9 Å². The number of thioether (sulfide) groups is 2. The van der Waals surface area contributed by atoms with Crippen molar-refractivity contribution in [1.82, 2.24) is 40.9 Å². The fraction of sp³-hybridized carbons (Fsp3) is 0.688. The van der Waals surface area contributed by atoms with Crippen LogP contribution < -0.4 is 21.3 Å². The van der Waals surface area contributed by atoms with E-state index >= 15 is 0 Å². The number of carbonyl (C=O) groups is 8. The highest BCUT2D eigenvalue weighted by Gasteiger charge is 2.56. The second-order valence-corrected chi connectivity index (χ2v) is 29.4. The molecule has 0 radical (unpaired) electrons. The summed E-state index contributed by atoms with van der Waals surface area (Å²) in [6, 6.07) is 13.2. The summed E-state index contributed by atoms with van der Waals surface area (Å²) in [5.74, 6) is -0.976. The smallest absolute Gasteiger partial charge is 0.410 e. The molecule has 10 atom stereocenters. The first kappa shape index (κ1) is 69.5. The quantitative estimate of drug-likeness (QED) is 0.0681. The first-order valence-corrected chi connectivity index (χ1v) is 32.8. The number of likely N-dealkylation sites (N-methyl/N-ethyl adjacent to an activating group) is 2. The third-order valence-corrected chi connectivity index (χ3v) is 18.9. The van der Waals surface area contributed by atoms with Crippen LogP contribution in [0.15, 0.2) is 60.7 Å². The van der Waals surface area contributed by atoms with Gasteiger partial charge in [0.25, 0.3) is 0 Å². The number of rotatable bonds is 25. The average molecular weight is 1240 g/mol. The Morgan fingerprint density at radius 3 is 1.24 bits per heavy atom. The highest BCUT2D eigenvalue weighted by Crippen LogP contribution is 2.48. The molecule has 86 heavy (non-hydrogen) atoms. The largest absolute Gasteiger partial charge is 0.444 e. The maximum absolute atomic E-state index is 14.6. The average Bonchev–Trinajstić information content (AvgIpc) is 1.63. The predicted octanol–water partition coefficient (Wildman–Crippen LogP) is 8.74. The molecular formula is C64H98N8O12S2. The number of amides is 8. The van der Waals surface area contributed by atoms with Gasteiger partial charge in [-0.2, -0.15) is 0 Å². The van der Waals surface area contributed by atoms with E-state index in [0.29, 0.717) is 50.4 Å². The normalized spacial score (nSPS) is 23.2. The van der Waals surface area contributed by atoms with Crippen molar-refractivity contribution in [3.8, 4) is 0 Å². The number of hydrogen-bond donors (Lipinski definition) is 4. The van der Waals surface area contributed by atoms with Gasteiger partial charge in [0, 0.05) is 27.3 Å². The molecule has 4 aliphatic heterocycles. The number of nitrogens with zero attached hydrogens (tertiary/aromatic N) is 4. The van der Waals surface area contributed by atoms with Gasteiger partial charge >= 0.3 is 12.2 Å². The van der Waals surface area contributed by atoms with E-state index in [0.717, 1.165) is 49.7 Å². The first-order chi connectivity index (χ1) is 40.4. The topological polar surface area (TPSA) is 235 Å². The molecule has 0 bridgehead atoms. The SMILES string of the molecule is C[C@@H](C(=O)N[C@H]1CCS[C@H]2CC(C)(C)[C@@H](C(=O)N[C@H](COCCCCCCCCOC[C@@H](NC(=O)[C@H]3N4C(=O)[C@@H](NC(=O)[C@H](C)N(C)C(=O)OC(C)(C)C)CCS[C@H]4CC3(C)C)c3ccccc3)c3ccccc3)N2C1=O)N(C)C(=O)OC(C)(C)C. The highest BCUT2D eigenvalue weighted by molar-refractivity contribution is 8.00. The summed E-state index contributed by atoms with van der Waals surface area (Å²) in [6.07, 6.45) is 6.27. The molecule has 4 heterocycles. The molecule has 4 saturated heterocycles. The standard InChI is InChI=1S/C64H98N8O12S2/c1-41(69(13)59(79)83-61(3,4)5)53(73)65-45-31-35-85-49-37-63(9,10)51(71(49)57(45)77)55(75)67-47(43-27-21-19-22-28-43)39-81-33-25-17-15-16-18-26-34-82-40-48(44-29-23-20-24-30-44)68-56(76)52-64(11,12)38-50-72(52)58(78)46(32-36-86-50)66-54(74)42(2)70(14)60(80)84-62(6,7)8/h19-24,27-30,41-42,45-52H,15-18,25-26,31-40H2,1-14H3,(H,65,73)(H,66,74)(H,67,75)(H,68,76)/t41-,42-,45-,46-,47+,48+,49-,50-,51+,52+/m0/s1. The minimum Gasteiger partial charge on any atom is -0.444 e. The van der Waals surface area contributed by atoms with Crippen LogP contribution in [-0.2, 0) is 47.7 Å². The molecule has 0 spiro atoms. The van der Waals surface area contributed by atoms with Gasteiger partial charge in [0.2, 0.25) is 35.4 Å². The Hall–Kier alpha value is -5.58. The number of unbranched alkanes of at least 4 members (excludes halogenated alkanes) is 5. The molecule has 0 aliphatic carbocycles. The van der Waals surface area contributed by atoms with Crippen molar-refractivity contribution in [2.75, 3.05) is 52.0 Å². The van der Waals surface area contributed by atoms with Crippen molar-refractivity contribution in [3.63, 3.8) is 0 Å². The van der Waals surface area contributed by atoms with Crippen molar-refractivity contribution in [3.05, 3.63) is 71.8 Å². The van der Waals surface area contributed by atoms with Gasteiger partial charge in [-0.15, -0.1) is 23.5 Å². The lowest BCUT2D eigenvalue weighted by atomic mass is 9.83. The maximum atomic E-state index is 14.6. The number of carbonyl (C=O) groups excluding carboxylic acids is 8. The summed E-state index contributed by atoms with van der Waals surface area (Å²) in [6.45, 7) is 23.2. The van der Waals surface area contributed by atoms with Crippen LogP contribution in [0.5, 0.6) is 0 Å². The number of fused-ring (bicyclic) bond motifs is 2. The summed E-state index contributed by atoms with van der Waals surface area (Å²) in [5.41, 5.74) is -0.867. The Kier molecular flexibility index (Phi) is 24.7. The van der Waals surface area contributed by atoms with Gasteiger partial charge in [-0.1, -0.05) is 114 Å². The minimum atomic E-state index is -0.908. The summed E-state index contributed by atoms with van der Waals surface area (Å²) in [7, 11) is 2.98. The fourth-order valence-corrected chi connectivity index (χ4v) is 14.6. The summed E-state index contributed by atoms with van der Waals surface area (Å²) < 4.78 is 23.4. The van der Waals surface area contributed by atoms with E-state index in [-0.39, 0.29) is 47.6 Å². The van der Waals surface area contributed by atoms with Crippen LogP contribution in [0.4, 0.5) is 9.59 Å². The van der Waals surface area contributed by atoms with E-state index in [9.17, 15) is 38.4 Å². The molecule has 2 aromatic rings. The molecule has 22 heteroatoms.